The van der Waals surface area contributed by atoms with Crippen LogP contribution >= 0.6 is 22.6 Å². The number of halogens is 1. The predicted octanol–water partition coefficient (Wildman–Crippen LogP) is 1.18. The molecule has 0 spiro atoms. The van der Waals surface area contributed by atoms with Crippen LogP contribution in [0.5, 0.6) is 5.75 Å². The summed E-state index contributed by atoms with van der Waals surface area (Å²) in [6, 6.07) is 7.09. The Kier molecular flexibility index (Phi) is 2.98. The zero-order chi connectivity index (χ0) is 14.5. The van der Waals surface area contributed by atoms with Crippen molar-refractivity contribution in [1.29, 1.82) is 0 Å². The molecule has 1 aliphatic heterocycles. The number of ether oxygens (including phenoxy) is 1. The topological polar surface area (TPSA) is 90.4 Å². The van der Waals surface area contributed by atoms with Gasteiger partial charge in [-0.2, -0.15) is 5.10 Å². The molecule has 0 saturated heterocycles. The van der Waals surface area contributed by atoms with Crippen molar-refractivity contribution in [3.8, 4) is 11.4 Å². The molecule has 3 rings (SSSR count). The van der Waals surface area contributed by atoms with Gasteiger partial charge in [-0.05, 0) is 53.8 Å². The van der Waals surface area contributed by atoms with Crippen LogP contribution < -0.4 is 10.5 Å². The summed E-state index contributed by atoms with van der Waals surface area (Å²) >= 11 is 2.18. The quantitative estimate of drug-likeness (QED) is 0.722. The first kappa shape index (κ1) is 13.4. The summed E-state index contributed by atoms with van der Waals surface area (Å²) in [5.74, 6) is -0.0296. The molecule has 0 bridgehead atoms. The number of benzene rings is 1. The number of fused-ring (bicyclic) bond motifs is 3. The second-order valence-electron chi connectivity index (χ2n) is 4.87. The van der Waals surface area contributed by atoms with E-state index < -0.39 is 11.5 Å². The van der Waals surface area contributed by atoms with E-state index in [9.17, 15) is 9.90 Å². The fraction of sp³-hybridized carbons (Fsp3) is 0.231. The zero-order valence-corrected chi connectivity index (χ0v) is 12.8. The lowest BCUT2D eigenvalue weighted by Gasteiger charge is -2.20. The van der Waals surface area contributed by atoms with Crippen LogP contribution in [-0.4, -0.2) is 27.4 Å². The molecule has 20 heavy (non-hydrogen) atoms. The Labute approximate surface area is 128 Å². The van der Waals surface area contributed by atoms with E-state index in [1.165, 1.54) is 10.7 Å². The van der Waals surface area contributed by atoms with Gasteiger partial charge in [0.25, 0.3) is 5.91 Å². The van der Waals surface area contributed by atoms with E-state index in [2.05, 4.69) is 27.7 Å². The molecule has 1 aromatic heterocycles. The van der Waals surface area contributed by atoms with Gasteiger partial charge in [0.1, 0.15) is 23.6 Å². The first-order chi connectivity index (χ1) is 9.38. The minimum Gasteiger partial charge on any atom is -0.488 e. The van der Waals surface area contributed by atoms with Gasteiger partial charge in [0, 0.05) is 3.57 Å². The molecule has 6 nitrogen and oxygen atoms in total. The lowest BCUT2D eigenvalue weighted by molar-refractivity contribution is 0.00607. The highest BCUT2D eigenvalue weighted by atomic mass is 127. The molecule has 0 radical (unpaired) electrons. The van der Waals surface area contributed by atoms with Crippen molar-refractivity contribution in [2.75, 3.05) is 6.61 Å². The van der Waals surface area contributed by atoms with E-state index in [0.717, 1.165) is 3.57 Å². The molecule has 0 aliphatic carbocycles. The van der Waals surface area contributed by atoms with Gasteiger partial charge in [-0.3, -0.25) is 4.79 Å². The smallest absolute Gasteiger partial charge is 0.269 e. The highest BCUT2D eigenvalue weighted by Gasteiger charge is 2.34. The third-order valence-corrected chi connectivity index (χ3v) is 3.84. The van der Waals surface area contributed by atoms with Crippen LogP contribution in [0.2, 0.25) is 0 Å². The first-order valence-electron chi connectivity index (χ1n) is 5.94. The van der Waals surface area contributed by atoms with Crippen molar-refractivity contribution in [2.24, 2.45) is 5.73 Å². The molecule has 1 amide bonds. The maximum absolute atomic E-state index is 11.3. The molecule has 2 aromatic rings. The molecule has 3 N–H and O–H groups in total. The fourth-order valence-corrected chi connectivity index (χ4v) is 2.61. The van der Waals surface area contributed by atoms with Gasteiger partial charge < -0.3 is 15.6 Å². The summed E-state index contributed by atoms with van der Waals surface area (Å²) in [6.07, 6.45) is 0. The fourth-order valence-electron chi connectivity index (χ4n) is 2.14. The molecule has 0 fully saturated rings. The number of rotatable bonds is 1. The monoisotopic (exact) mass is 385 g/mol. The van der Waals surface area contributed by atoms with Crippen LogP contribution in [0, 0.1) is 3.57 Å². The summed E-state index contributed by atoms with van der Waals surface area (Å²) in [6.45, 7) is 1.69. The van der Waals surface area contributed by atoms with Crippen molar-refractivity contribution >= 4 is 28.5 Å². The van der Waals surface area contributed by atoms with Crippen molar-refractivity contribution in [2.45, 2.75) is 12.5 Å². The number of carbonyl (C=O) groups is 1. The molecule has 1 unspecified atom stereocenters. The second kappa shape index (κ2) is 4.45. The highest BCUT2D eigenvalue weighted by molar-refractivity contribution is 14.1. The van der Waals surface area contributed by atoms with Crippen LogP contribution in [0.4, 0.5) is 0 Å². The van der Waals surface area contributed by atoms with E-state index >= 15 is 0 Å². The Hall–Kier alpha value is -1.61. The molecular weight excluding hydrogens is 373 g/mol. The largest absolute Gasteiger partial charge is 0.488 e. The number of carbonyl (C=O) groups excluding carboxylic acids is 1. The Morgan fingerprint density at radius 1 is 1.55 bits per heavy atom. The summed E-state index contributed by atoms with van der Waals surface area (Å²) in [5.41, 5.74) is 5.29. The molecular formula is C13H12IN3O3. The molecule has 2 heterocycles. The van der Waals surface area contributed by atoms with Crippen LogP contribution in [-0.2, 0) is 5.60 Å². The summed E-state index contributed by atoms with van der Waals surface area (Å²) in [5, 5.41) is 14.7. The predicted molar refractivity (Wildman–Crippen MR) is 79.9 cm³/mol. The van der Waals surface area contributed by atoms with Gasteiger partial charge in [0.05, 0.1) is 5.69 Å². The van der Waals surface area contributed by atoms with Gasteiger partial charge >= 0.3 is 0 Å². The van der Waals surface area contributed by atoms with Crippen LogP contribution in [0.1, 0.15) is 23.1 Å². The molecule has 1 aliphatic rings. The maximum atomic E-state index is 11.3. The summed E-state index contributed by atoms with van der Waals surface area (Å²) in [4.78, 5) is 11.3. The number of hydrogen-bond acceptors (Lipinski definition) is 4. The Morgan fingerprint density at radius 2 is 2.30 bits per heavy atom. The van der Waals surface area contributed by atoms with Crippen molar-refractivity contribution in [3.05, 3.63) is 39.2 Å². The van der Waals surface area contributed by atoms with Crippen molar-refractivity contribution in [3.63, 3.8) is 0 Å². The van der Waals surface area contributed by atoms with Crippen molar-refractivity contribution in [1.82, 2.24) is 9.78 Å². The number of nitrogens with two attached hydrogens (primary N) is 1. The highest BCUT2D eigenvalue weighted by Crippen LogP contribution is 2.34. The Bertz CT molecular complexity index is 709. The summed E-state index contributed by atoms with van der Waals surface area (Å²) < 4.78 is 8.14. The molecule has 0 saturated carbocycles. The van der Waals surface area contributed by atoms with Gasteiger partial charge in [-0.15, -0.1) is 0 Å². The van der Waals surface area contributed by atoms with E-state index in [1.807, 2.05) is 18.2 Å². The van der Waals surface area contributed by atoms with Crippen LogP contribution in [0.25, 0.3) is 5.69 Å². The standard InChI is InChI=1S/C13H12IN3O3/c1-13(19)6-20-10-3-2-7(14)4-9(10)17-11(13)5-8(16-17)12(15)18/h2-5,19H,6H2,1H3,(H2,15,18). The van der Waals surface area contributed by atoms with E-state index in [-0.39, 0.29) is 12.3 Å². The van der Waals surface area contributed by atoms with Gasteiger partial charge in [0.2, 0.25) is 0 Å². The molecule has 1 aromatic carbocycles. The number of hydrogen-bond donors (Lipinski definition) is 2. The second-order valence-corrected chi connectivity index (χ2v) is 6.11. The normalized spacial score (nSPS) is 20.6. The first-order valence-corrected chi connectivity index (χ1v) is 7.02. The average molecular weight is 385 g/mol. The molecule has 104 valence electrons. The number of aromatic nitrogens is 2. The van der Waals surface area contributed by atoms with E-state index in [0.29, 0.717) is 17.1 Å². The number of primary amides is 1. The lowest BCUT2D eigenvalue weighted by atomic mass is 10.0. The number of amides is 1. The number of aliphatic hydroxyl groups is 1. The lowest BCUT2D eigenvalue weighted by Crippen LogP contribution is -2.30. The SMILES string of the molecule is CC1(O)COc2ccc(I)cc2-n2nc(C(N)=O)cc21. The van der Waals surface area contributed by atoms with E-state index in [4.69, 9.17) is 10.5 Å². The minimum absolute atomic E-state index is 0.0739. The van der Waals surface area contributed by atoms with Crippen LogP contribution in [0.15, 0.2) is 24.3 Å². The average Bonchev–Trinajstić information content (AvgIpc) is 2.79. The molecule has 7 heteroatoms. The zero-order valence-electron chi connectivity index (χ0n) is 10.6. The minimum atomic E-state index is -1.26. The maximum Gasteiger partial charge on any atom is 0.269 e. The Balaban J connectivity index is 2.30. The van der Waals surface area contributed by atoms with E-state index in [1.54, 1.807) is 6.92 Å². The third kappa shape index (κ3) is 2.06. The van der Waals surface area contributed by atoms with Gasteiger partial charge in [-0.1, -0.05) is 0 Å². The van der Waals surface area contributed by atoms with Gasteiger partial charge in [-0.25, -0.2) is 4.68 Å². The summed E-state index contributed by atoms with van der Waals surface area (Å²) in [7, 11) is 0. The third-order valence-electron chi connectivity index (χ3n) is 3.17. The number of nitrogens with zero attached hydrogens (tertiary/aromatic N) is 2. The van der Waals surface area contributed by atoms with Crippen molar-refractivity contribution < 1.29 is 14.6 Å². The Morgan fingerprint density at radius 3 is 3.00 bits per heavy atom. The van der Waals surface area contributed by atoms with Crippen LogP contribution in [0.3, 0.4) is 0 Å². The van der Waals surface area contributed by atoms with Gasteiger partial charge in [0.15, 0.2) is 5.69 Å². The molecule has 1 atom stereocenters.